The van der Waals surface area contributed by atoms with Crippen molar-refractivity contribution >= 4 is 5.97 Å². The fourth-order valence-electron chi connectivity index (χ4n) is 1.48. The van der Waals surface area contributed by atoms with E-state index in [4.69, 9.17) is 14.6 Å². The summed E-state index contributed by atoms with van der Waals surface area (Å²) in [6.45, 7) is 3.74. The van der Waals surface area contributed by atoms with Gasteiger partial charge in [0.05, 0.1) is 6.61 Å². The molecule has 1 fully saturated rings. The topological polar surface area (TPSA) is 126 Å². The molecule has 110 valence electrons. The molecule has 1 aliphatic heterocycles. The van der Waals surface area contributed by atoms with E-state index in [0.717, 1.165) is 0 Å². The summed E-state index contributed by atoms with van der Waals surface area (Å²) in [5.74, 6) is -0.676. The largest absolute Gasteiger partial charge is 0.435 e. The van der Waals surface area contributed by atoms with Gasteiger partial charge < -0.3 is 34.6 Å². The zero-order valence-electron chi connectivity index (χ0n) is 10.4. The van der Waals surface area contributed by atoms with Crippen molar-refractivity contribution < 1.29 is 39.4 Å². The van der Waals surface area contributed by atoms with Gasteiger partial charge in [-0.05, 0) is 6.92 Å². The molecule has 0 aromatic carbocycles. The highest BCUT2D eigenvalue weighted by molar-refractivity contribution is 5.86. The molecule has 19 heavy (non-hydrogen) atoms. The van der Waals surface area contributed by atoms with Crippen LogP contribution in [0.4, 0.5) is 0 Å². The molecular formula is C11H18O8. The van der Waals surface area contributed by atoms with E-state index in [1.165, 1.54) is 6.92 Å². The Balaban J connectivity index is 2.48. The first-order valence-corrected chi connectivity index (χ1v) is 5.63. The van der Waals surface area contributed by atoms with Gasteiger partial charge in [0.1, 0.15) is 24.4 Å². The van der Waals surface area contributed by atoms with Gasteiger partial charge in [-0.25, -0.2) is 4.79 Å². The predicted molar refractivity (Wildman–Crippen MR) is 60.6 cm³/mol. The highest BCUT2D eigenvalue weighted by atomic mass is 16.8. The van der Waals surface area contributed by atoms with Gasteiger partial charge >= 0.3 is 5.97 Å². The summed E-state index contributed by atoms with van der Waals surface area (Å²) < 4.78 is 14.6. The summed E-state index contributed by atoms with van der Waals surface area (Å²) in [5.41, 5.74) is 0.178. The van der Waals surface area contributed by atoms with Crippen LogP contribution in [0, 0.1) is 0 Å². The third kappa shape index (κ3) is 3.96. The van der Waals surface area contributed by atoms with E-state index in [0.29, 0.717) is 0 Å². The molecule has 1 saturated heterocycles. The normalized spacial score (nSPS) is 34.9. The number of rotatable bonds is 5. The molecule has 0 bridgehead atoms. The van der Waals surface area contributed by atoms with Crippen LogP contribution in [0.25, 0.3) is 0 Å². The standard InChI is InChI=1S/C11H18O8/c1-5(2)10(16)17-4-18-11-9(15)8(14)7(13)6(3-12)19-11/h6-9,11-15H,1,3-4H2,2H3. The molecule has 5 atom stereocenters. The van der Waals surface area contributed by atoms with Crippen LogP contribution in [-0.4, -0.2) is 70.5 Å². The second kappa shape index (κ2) is 6.94. The number of aliphatic hydroxyl groups excluding tert-OH is 4. The predicted octanol–water partition coefficient (Wildman–Crippen LogP) is -2.12. The highest BCUT2D eigenvalue weighted by Gasteiger charge is 2.44. The van der Waals surface area contributed by atoms with Crippen LogP contribution in [0.15, 0.2) is 12.2 Å². The minimum Gasteiger partial charge on any atom is -0.435 e. The average molecular weight is 278 g/mol. The van der Waals surface area contributed by atoms with Crippen LogP contribution in [0.3, 0.4) is 0 Å². The van der Waals surface area contributed by atoms with Gasteiger partial charge in [-0.3, -0.25) is 0 Å². The van der Waals surface area contributed by atoms with Crippen molar-refractivity contribution in [1.82, 2.24) is 0 Å². The Labute approximate surface area is 109 Å². The Morgan fingerprint density at radius 3 is 2.42 bits per heavy atom. The first-order chi connectivity index (χ1) is 8.88. The van der Waals surface area contributed by atoms with Gasteiger partial charge in [-0.2, -0.15) is 0 Å². The Morgan fingerprint density at radius 1 is 1.26 bits per heavy atom. The van der Waals surface area contributed by atoms with Crippen LogP contribution in [0.2, 0.25) is 0 Å². The first-order valence-electron chi connectivity index (χ1n) is 5.63. The SMILES string of the molecule is C=C(C)C(=O)OCOC1OC(CO)C(O)C(O)C1O. The van der Waals surface area contributed by atoms with Crippen LogP contribution in [0.1, 0.15) is 6.92 Å². The monoisotopic (exact) mass is 278 g/mol. The second-order valence-corrected chi connectivity index (χ2v) is 4.19. The van der Waals surface area contributed by atoms with E-state index in [2.05, 4.69) is 11.3 Å². The van der Waals surface area contributed by atoms with Crippen molar-refractivity contribution in [2.75, 3.05) is 13.4 Å². The molecule has 0 aliphatic carbocycles. The number of carbonyl (C=O) groups is 1. The number of hydrogen-bond donors (Lipinski definition) is 4. The zero-order valence-corrected chi connectivity index (χ0v) is 10.4. The minimum atomic E-state index is -1.53. The van der Waals surface area contributed by atoms with Crippen LogP contribution >= 0.6 is 0 Å². The maximum atomic E-state index is 11.1. The van der Waals surface area contributed by atoms with Crippen molar-refractivity contribution in [2.45, 2.75) is 37.6 Å². The molecule has 0 radical (unpaired) electrons. The molecule has 5 unspecified atom stereocenters. The lowest BCUT2D eigenvalue weighted by molar-refractivity contribution is -0.313. The van der Waals surface area contributed by atoms with Gasteiger partial charge in [0.25, 0.3) is 0 Å². The van der Waals surface area contributed by atoms with Crippen LogP contribution in [0.5, 0.6) is 0 Å². The molecule has 4 N–H and O–H groups in total. The molecule has 0 aromatic rings. The van der Waals surface area contributed by atoms with E-state index in [1.54, 1.807) is 0 Å². The molecule has 8 nitrogen and oxygen atoms in total. The maximum absolute atomic E-state index is 11.1. The Morgan fingerprint density at radius 2 is 1.89 bits per heavy atom. The van der Waals surface area contributed by atoms with Crippen LogP contribution < -0.4 is 0 Å². The van der Waals surface area contributed by atoms with Gasteiger partial charge in [-0.1, -0.05) is 6.58 Å². The fraction of sp³-hybridized carbons (Fsp3) is 0.727. The minimum absolute atomic E-state index is 0.178. The van der Waals surface area contributed by atoms with Gasteiger partial charge in [0, 0.05) is 5.57 Å². The number of aliphatic hydroxyl groups is 4. The Hall–Kier alpha value is -1.03. The molecule has 8 heteroatoms. The number of hydrogen-bond acceptors (Lipinski definition) is 8. The quantitative estimate of drug-likeness (QED) is 0.255. The third-order valence-corrected chi connectivity index (χ3v) is 2.62. The number of esters is 1. The summed E-state index contributed by atoms with van der Waals surface area (Å²) >= 11 is 0. The fourth-order valence-corrected chi connectivity index (χ4v) is 1.48. The molecule has 1 aliphatic rings. The molecule has 0 aromatic heterocycles. The molecular weight excluding hydrogens is 260 g/mol. The maximum Gasteiger partial charge on any atom is 0.335 e. The van der Waals surface area contributed by atoms with Crippen molar-refractivity contribution in [3.8, 4) is 0 Å². The summed E-state index contributed by atoms with van der Waals surface area (Å²) in [6.07, 6.45) is -6.92. The average Bonchev–Trinajstić information content (AvgIpc) is 2.38. The summed E-state index contributed by atoms with van der Waals surface area (Å²) in [4.78, 5) is 11.1. The van der Waals surface area contributed by atoms with Crippen molar-refractivity contribution in [3.63, 3.8) is 0 Å². The van der Waals surface area contributed by atoms with E-state index in [9.17, 15) is 20.1 Å². The lowest BCUT2D eigenvalue weighted by Gasteiger charge is -2.39. The van der Waals surface area contributed by atoms with E-state index < -0.39 is 50.1 Å². The smallest absolute Gasteiger partial charge is 0.335 e. The Bertz CT molecular complexity index is 329. The van der Waals surface area contributed by atoms with Crippen molar-refractivity contribution in [2.24, 2.45) is 0 Å². The molecule has 1 rings (SSSR count). The molecule has 0 amide bonds. The van der Waals surface area contributed by atoms with Crippen molar-refractivity contribution in [1.29, 1.82) is 0 Å². The van der Waals surface area contributed by atoms with Gasteiger partial charge in [0.2, 0.25) is 0 Å². The summed E-state index contributed by atoms with van der Waals surface area (Å²) in [7, 11) is 0. The van der Waals surface area contributed by atoms with E-state index in [-0.39, 0.29) is 5.57 Å². The highest BCUT2D eigenvalue weighted by Crippen LogP contribution is 2.21. The van der Waals surface area contributed by atoms with E-state index in [1.807, 2.05) is 0 Å². The summed E-state index contributed by atoms with van der Waals surface area (Å²) in [6, 6.07) is 0. The third-order valence-electron chi connectivity index (χ3n) is 2.62. The molecule has 0 spiro atoms. The van der Waals surface area contributed by atoms with E-state index >= 15 is 0 Å². The number of carbonyl (C=O) groups excluding carboxylic acids is 1. The van der Waals surface area contributed by atoms with Gasteiger partial charge in [0.15, 0.2) is 13.1 Å². The van der Waals surface area contributed by atoms with Gasteiger partial charge in [-0.15, -0.1) is 0 Å². The zero-order chi connectivity index (χ0) is 14.6. The Kier molecular flexibility index (Phi) is 5.85. The lowest BCUT2D eigenvalue weighted by atomic mass is 9.99. The second-order valence-electron chi connectivity index (χ2n) is 4.19. The summed E-state index contributed by atoms with van der Waals surface area (Å²) in [5, 5.41) is 37.5. The molecule has 1 heterocycles. The number of ether oxygens (including phenoxy) is 3. The first kappa shape index (κ1) is 16.0. The van der Waals surface area contributed by atoms with Crippen molar-refractivity contribution in [3.05, 3.63) is 12.2 Å². The lowest BCUT2D eigenvalue weighted by Crippen LogP contribution is -2.59. The molecule has 0 saturated carbocycles. The van der Waals surface area contributed by atoms with Crippen LogP contribution in [-0.2, 0) is 19.0 Å².